The highest BCUT2D eigenvalue weighted by Gasteiger charge is 2.26. The van der Waals surface area contributed by atoms with Gasteiger partial charge in [-0.2, -0.15) is 0 Å². The summed E-state index contributed by atoms with van der Waals surface area (Å²) in [7, 11) is 0. The fourth-order valence-electron chi connectivity index (χ4n) is 5.22. The normalized spacial score (nSPS) is 30.9. The summed E-state index contributed by atoms with van der Waals surface area (Å²) in [5.41, 5.74) is 4.36. The van der Waals surface area contributed by atoms with Crippen LogP contribution in [0, 0.1) is 37.5 Å². The molecule has 0 atom stereocenters. The molecule has 2 aliphatic rings. The molecule has 0 N–H and O–H groups in total. The van der Waals surface area contributed by atoms with Gasteiger partial charge >= 0.3 is 0 Å². The molecule has 0 aromatic heterocycles. The van der Waals surface area contributed by atoms with E-state index in [1.54, 1.807) is 5.56 Å². The van der Waals surface area contributed by atoms with Crippen molar-refractivity contribution < 1.29 is 4.79 Å². The number of aryl methyl sites for hydroxylation is 2. The molecule has 0 amide bonds. The van der Waals surface area contributed by atoms with Crippen LogP contribution in [0.25, 0.3) is 0 Å². The highest BCUT2D eigenvalue weighted by Crippen LogP contribution is 2.38. The van der Waals surface area contributed by atoms with E-state index in [-0.39, 0.29) is 0 Å². The fourth-order valence-corrected chi connectivity index (χ4v) is 5.22. The molecular formula is C23H34O. The average molecular weight is 327 g/mol. The van der Waals surface area contributed by atoms with Crippen molar-refractivity contribution in [2.45, 2.75) is 78.1 Å². The number of benzene rings is 1. The lowest BCUT2D eigenvalue weighted by atomic mass is 9.72. The molecule has 1 heteroatoms. The molecule has 2 fully saturated rings. The first-order valence-corrected chi connectivity index (χ1v) is 10.1. The monoisotopic (exact) mass is 326 g/mol. The standard InChI is InChI=1S/C23H34O/c1-17-11-18(2)13-23(12-17)15-21-5-3-19(4-6-21)14-20-7-9-22(16-24)10-8-20/h11-13,16,19-22H,3-10,14-15H2,1-2H3. The number of carbonyl (C=O) groups excluding carboxylic acids is 1. The minimum absolute atomic E-state index is 0.370. The average Bonchev–Trinajstić information content (AvgIpc) is 2.56. The van der Waals surface area contributed by atoms with Crippen LogP contribution in [0.4, 0.5) is 0 Å². The number of rotatable bonds is 5. The molecule has 2 saturated carbocycles. The molecule has 0 heterocycles. The van der Waals surface area contributed by atoms with Gasteiger partial charge in [-0.25, -0.2) is 0 Å². The Bertz CT molecular complexity index is 511. The maximum absolute atomic E-state index is 10.9. The highest BCUT2D eigenvalue weighted by atomic mass is 16.1. The van der Waals surface area contributed by atoms with E-state index in [1.165, 1.54) is 68.8 Å². The summed E-state index contributed by atoms with van der Waals surface area (Å²) < 4.78 is 0. The molecule has 132 valence electrons. The van der Waals surface area contributed by atoms with Crippen molar-refractivity contribution in [2.24, 2.45) is 23.7 Å². The Hall–Kier alpha value is -1.11. The van der Waals surface area contributed by atoms with Crippen LogP contribution in [-0.4, -0.2) is 6.29 Å². The summed E-state index contributed by atoms with van der Waals surface area (Å²) in [4.78, 5) is 10.9. The Morgan fingerprint density at radius 2 is 1.29 bits per heavy atom. The Morgan fingerprint density at radius 3 is 1.83 bits per heavy atom. The molecule has 1 nitrogen and oxygen atoms in total. The second-order valence-corrected chi connectivity index (χ2v) is 8.74. The van der Waals surface area contributed by atoms with E-state index in [1.807, 2.05) is 0 Å². The Balaban J connectivity index is 1.42. The van der Waals surface area contributed by atoms with Gasteiger partial charge in [0.05, 0.1) is 0 Å². The topological polar surface area (TPSA) is 17.1 Å². The SMILES string of the molecule is Cc1cc(C)cc(CC2CCC(CC3CCC(C=O)CC3)CC2)c1. The van der Waals surface area contributed by atoms with Crippen LogP contribution in [0.1, 0.15) is 74.5 Å². The van der Waals surface area contributed by atoms with Gasteiger partial charge in [0.2, 0.25) is 0 Å². The van der Waals surface area contributed by atoms with Crippen LogP contribution >= 0.6 is 0 Å². The second kappa shape index (κ2) is 8.32. The summed E-state index contributed by atoms with van der Waals surface area (Å²) in [5, 5.41) is 0. The largest absolute Gasteiger partial charge is 0.303 e. The van der Waals surface area contributed by atoms with Crippen LogP contribution in [0.3, 0.4) is 0 Å². The van der Waals surface area contributed by atoms with E-state index >= 15 is 0 Å². The van der Waals surface area contributed by atoms with Crippen LogP contribution in [0.5, 0.6) is 0 Å². The summed E-state index contributed by atoms with van der Waals surface area (Å²) in [6.07, 6.45) is 14.5. The van der Waals surface area contributed by atoms with Crippen molar-refractivity contribution in [3.63, 3.8) is 0 Å². The molecule has 0 aliphatic heterocycles. The lowest BCUT2D eigenvalue weighted by Crippen LogP contribution is -2.22. The number of hydrogen-bond donors (Lipinski definition) is 0. The lowest BCUT2D eigenvalue weighted by molar-refractivity contribution is -0.112. The van der Waals surface area contributed by atoms with Crippen molar-refractivity contribution in [3.8, 4) is 0 Å². The maximum atomic E-state index is 10.9. The molecule has 3 rings (SSSR count). The summed E-state index contributed by atoms with van der Waals surface area (Å²) >= 11 is 0. The van der Waals surface area contributed by atoms with E-state index in [0.29, 0.717) is 5.92 Å². The van der Waals surface area contributed by atoms with Crippen molar-refractivity contribution in [1.82, 2.24) is 0 Å². The fraction of sp³-hybridized carbons (Fsp3) is 0.696. The second-order valence-electron chi connectivity index (χ2n) is 8.74. The summed E-state index contributed by atoms with van der Waals surface area (Å²) in [5.74, 6) is 3.13. The molecule has 0 bridgehead atoms. The van der Waals surface area contributed by atoms with Crippen LogP contribution in [0.2, 0.25) is 0 Å². The van der Waals surface area contributed by atoms with Crippen molar-refractivity contribution >= 4 is 6.29 Å². The quantitative estimate of drug-likeness (QED) is 0.602. The molecule has 0 radical (unpaired) electrons. The smallest absolute Gasteiger partial charge is 0.123 e. The molecule has 1 aromatic rings. The van der Waals surface area contributed by atoms with E-state index in [9.17, 15) is 4.79 Å². The maximum Gasteiger partial charge on any atom is 0.123 e. The molecule has 24 heavy (non-hydrogen) atoms. The number of carbonyl (C=O) groups is 1. The third-order valence-corrected chi connectivity index (χ3v) is 6.52. The first-order chi connectivity index (χ1) is 11.6. The minimum Gasteiger partial charge on any atom is -0.303 e. The van der Waals surface area contributed by atoms with Gasteiger partial charge < -0.3 is 4.79 Å². The Morgan fingerprint density at radius 1 is 0.792 bits per heavy atom. The number of aldehydes is 1. The minimum atomic E-state index is 0.370. The molecule has 0 unspecified atom stereocenters. The predicted octanol–water partition coefficient (Wildman–Crippen LogP) is 6.05. The van der Waals surface area contributed by atoms with Gasteiger partial charge in [-0.3, -0.25) is 0 Å². The van der Waals surface area contributed by atoms with Crippen molar-refractivity contribution in [2.75, 3.05) is 0 Å². The van der Waals surface area contributed by atoms with E-state index < -0.39 is 0 Å². The first-order valence-electron chi connectivity index (χ1n) is 10.1. The zero-order valence-corrected chi connectivity index (χ0v) is 15.6. The van der Waals surface area contributed by atoms with Crippen LogP contribution in [0.15, 0.2) is 18.2 Å². The van der Waals surface area contributed by atoms with Crippen molar-refractivity contribution in [3.05, 3.63) is 34.9 Å². The van der Waals surface area contributed by atoms with Gasteiger partial charge in [-0.15, -0.1) is 0 Å². The van der Waals surface area contributed by atoms with Gasteiger partial charge in [-0.1, -0.05) is 42.2 Å². The summed E-state index contributed by atoms with van der Waals surface area (Å²) in [6.45, 7) is 4.43. The van der Waals surface area contributed by atoms with Crippen LogP contribution < -0.4 is 0 Å². The Kier molecular flexibility index (Phi) is 6.14. The zero-order valence-electron chi connectivity index (χ0n) is 15.6. The first kappa shape index (κ1) is 17.7. The third-order valence-electron chi connectivity index (χ3n) is 6.52. The predicted molar refractivity (Wildman–Crippen MR) is 101 cm³/mol. The Labute approximate surface area is 148 Å². The van der Waals surface area contributed by atoms with Gasteiger partial charge in [-0.05, 0) is 88.5 Å². The molecule has 0 spiro atoms. The summed E-state index contributed by atoms with van der Waals surface area (Å²) in [6, 6.07) is 7.04. The highest BCUT2D eigenvalue weighted by molar-refractivity contribution is 5.53. The molecule has 0 saturated heterocycles. The molecule has 1 aromatic carbocycles. The van der Waals surface area contributed by atoms with Crippen LogP contribution in [-0.2, 0) is 11.2 Å². The van der Waals surface area contributed by atoms with E-state index in [2.05, 4.69) is 32.0 Å². The number of hydrogen-bond acceptors (Lipinski definition) is 1. The van der Waals surface area contributed by atoms with Gasteiger partial charge in [0.1, 0.15) is 6.29 Å². The zero-order chi connectivity index (χ0) is 16.9. The van der Waals surface area contributed by atoms with Crippen molar-refractivity contribution in [1.29, 1.82) is 0 Å². The van der Waals surface area contributed by atoms with Gasteiger partial charge in [0.15, 0.2) is 0 Å². The van der Waals surface area contributed by atoms with Gasteiger partial charge in [0, 0.05) is 5.92 Å². The van der Waals surface area contributed by atoms with E-state index in [4.69, 9.17) is 0 Å². The molecule has 2 aliphatic carbocycles. The third kappa shape index (κ3) is 4.94. The molecular weight excluding hydrogens is 292 g/mol. The van der Waals surface area contributed by atoms with E-state index in [0.717, 1.165) is 30.6 Å². The lowest BCUT2D eigenvalue weighted by Gasteiger charge is -2.33. The van der Waals surface area contributed by atoms with Gasteiger partial charge in [0.25, 0.3) is 0 Å².